The molecule has 144 valence electrons. The minimum Gasteiger partial charge on any atom is -0.504 e. The first kappa shape index (κ1) is 19.4. The Kier molecular flexibility index (Phi) is 5.90. The van der Waals surface area contributed by atoms with E-state index >= 15 is 0 Å². The van der Waals surface area contributed by atoms with E-state index in [0.717, 1.165) is 5.56 Å². The number of aromatic hydroxyl groups is 1. The number of aliphatic imine (C=N–C) groups is 1. The zero-order valence-corrected chi connectivity index (χ0v) is 15.9. The van der Waals surface area contributed by atoms with Crippen molar-refractivity contribution in [1.29, 1.82) is 0 Å². The Morgan fingerprint density at radius 2 is 1.96 bits per heavy atom. The van der Waals surface area contributed by atoms with Crippen molar-refractivity contribution in [2.24, 2.45) is 4.99 Å². The Labute approximate surface area is 163 Å². The van der Waals surface area contributed by atoms with Gasteiger partial charge in [0.15, 0.2) is 11.5 Å². The lowest BCUT2D eigenvalue weighted by molar-refractivity contribution is 0.318. The molecule has 2 N–H and O–H groups in total. The van der Waals surface area contributed by atoms with E-state index in [4.69, 9.17) is 4.74 Å². The van der Waals surface area contributed by atoms with Crippen LogP contribution in [0.25, 0.3) is 0 Å². The molecule has 2 aromatic carbocycles. The summed E-state index contributed by atoms with van der Waals surface area (Å²) in [5.74, 6) is 0.448. The predicted octanol–water partition coefficient (Wildman–Crippen LogP) is 3.74. The number of phenolic OH excluding ortho intramolecular Hbond substituents is 1. The third kappa shape index (κ3) is 4.86. The van der Waals surface area contributed by atoms with E-state index in [0.29, 0.717) is 23.7 Å². The van der Waals surface area contributed by atoms with E-state index in [2.05, 4.69) is 14.7 Å². The molecule has 0 radical (unpaired) electrons. The van der Waals surface area contributed by atoms with Crippen molar-refractivity contribution in [3.63, 3.8) is 0 Å². The molecule has 1 aromatic heterocycles. The number of rotatable bonds is 7. The highest BCUT2D eigenvalue weighted by atomic mass is 32.2. The minimum absolute atomic E-state index is 0.0645. The molecule has 8 heteroatoms. The molecule has 0 unspecified atom stereocenters. The fourth-order valence-corrected chi connectivity index (χ4v) is 3.42. The maximum absolute atomic E-state index is 12.4. The van der Waals surface area contributed by atoms with Gasteiger partial charge in [-0.15, -0.1) is 0 Å². The molecule has 0 bridgehead atoms. The summed E-state index contributed by atoms with van der Waals surface area (Å²) in [6, 6.07) is 14.4. The van der Waals surface area contributed by atoms with E-state index in [1.54, 1.807) is 48.8 Å². The van der Waals surface area contributed by atoms with Crippen LogP contribution in [-0.4, -0.2) is 31.3 Å². The largest absolute Gasteiger partial charge is 0.504 e. The van der Waals surface area contributed by atoms with Crippen LogP contribution in [0.15, 0.2) is 76.9 Å². The maximum Gasteiger partial charge on any atom is 0.261 e. The summed E-state index contributed by atoms with van der Waals surface area (Å²) in [5, 5.41) is 9.73. The third-order valence-corrected chi connectivity index (χ3v) is 5.10. The number of anilines is 1. The van der Waals surface area contributed by atoms with Gasteiger partial charge in [-0.25, -0.2) is 8.42 Å². The second kappa shape index (κ2) is 8.53. The van der Waals surface area contributed by atoms with Crippen LogP contribution >= 0.6 is 0 Å². The van der Waals surface area contributed by atoms with Gasteiger partial charge in [0.1, 0.15) is 0 Å². The SMILES string of the molecule is CCOc1cc(C=Nc2ccc(S(=O)(=O)Nc3cccnc3)cc2)ccc1O. The number of ether oxygens (including phenoxy) is 1. The van der Waals surface area contributed by atoms with E-state index in [9.17, 15) is 13.5 Å². The molecular weight excluding hydrogens is 378 g/mol. The second-order valence-corrected chi connectivity index (χ2v) is 7.44. The highest BCUT2D eigenvalue weighted by Crippen LogP contribution is 2.26. The van der Waals surface area contributed by atoms with E-state index in [-0.39, 0.29) is 10.6 Å². The molecule has 3 aromatic rings. The summed E-state index contributed by atoms with van der Waals surface area (Å²) in [6.07, 6.45) is 4.61. The second-order valence-electron chi connectivity index (χ2n) is 5.76. The first-order chi connectivity index (χ1) is 13.5. The molecular formula is C20H19N3O4S. The van der Waals surface area contributed by atoms with Crippen molar-refractivity contribution in [3.8, 4) is 11.5 Å². The Balaban J connectivity index is 1.74. The van der Waals surface area contributed by atoms with Crippen LogP contribution in [0.3, 0.4) is 0 Å². The fraction of sp³-hybridized carbons (Fsp3) is 0.100. The molecule has 0 aliphatic carbocycles. The molecule has 0 atom stereocenters. The van der Waals surface area contributed by atoms with E-state index < -0.39 is 10.0 Å². The quantitative estimate of drug-likeness (QED) is 0.592. The molecule has 28 heavy (non-hydrogen) atoms. The van der Waals surface area contributed by atoms with Crippen molar-refractivity contribution in [1.82, 2.24) is 4.98 Å². The predicted molar refractivity (Wildman–Crippen MR) is 108 cm³/mol. The van der Waals surface area contributed by atoms with Crippen LogP contribution in [-0.2, 0) is 10.0 Å². The molecule has 0 spiro atoms. The van der Waals surface area contributed by atoms with Gasteiger partial charge >= 0.3 is 0 Å². The van der Waals surface area contributed by atoms with Crippen molar-refractivity contribution < 1.29 is 18.3 Å². The van der Waals surface area contributed by atoms with E-state index in [1.165, 1.54) is 24.4 Å². The summed E-state index contributed by atoms with van der Waals surface area (Å²) in [7, 11) is -3.70. The van der Waals surface area contributed by atoms with Gasteiger partial charge in [-0.3, -0.25) is 14.7 Å². The van der Waals surface area contributed by atoms with Crippen LogP contribution in [0.1, 0.15) is 12.5 Å². The summed E-state index contributed by atoms with van der Waals surface area (Å²) in [4.78, 5) is 8.33. The molecule has 0 aliphatic rings. The van der Waals surface area contributed by atoms with Crippen LogP contribution in [0.4, 0.5) is 11.4 Å². The maximum atomic E-state index is 12.4. The summed E-state index contributed by atoms with van der Waals surface area (Å²) in [5.41, 5.74) is 1.73. The molecule has 0 saturated carbocycles. The average Bonchev–Trinajstić information content (AvgIpc) is 2.69. The monoisotopic (exact) mass is 397 g/mol. The van der Waals surface area contributed by atoms with Crippen molar-refractivity contribution in [2.45, 2.75) is 11.8 Å². The van der Waals surface area contributed by atoms with Crippen LogP contribution in [0, 0.1) is 0 Å². The standard InChI is InChI=1S/C20H19N3O4S/c1-2-27-20-12-15(5-10-19(20)24)13-22-16-6-8-18(9-7-16)28(25,26)23-17-4-3-11-21-14-17/h3-14,23-24H,2H2,1H3. The van der Waals surface area contributed by atoms with Crippen molar-refractivity contribution in [3.05, 3.63) is 72.6 Å². The van der Waals surface area contributed by atoms with Gasteiger partial charge < -0.3 is 9.84 Å². The zero-order chi connectivity index (χ0) is 20.0. The minimum atomic E-state index is -3.70. The lowest BCUT2D eigenvalue weighted by atomic mass is 10.2. The molecule has 0 fully saturated rings. The van der Waals surface area contributed by atoms with Gasteiger partial charge in [0, 0.05) is 12.4 Å². The number of pyridine rings is 1. The van der Waals surface area contributed by atoms with Gasteiger partial charge in [0.25, 0.3) is 10.0 Å². The number of sulfonamides is 1. The topological polar surface area (TPSA) is 101 Å². The lowest BCUT2D eigenvalue weighted by Crippen LogP contribution is -2.12. The number of benzene rings is 2. The Morgan fingerprint density at radius 1 is 1.18 bits per heavy atom. The summed E-state index contributed by atoms with van der Waals surface area (Å²) in [6.45, 7) is 2.27. The molecule has 1 heterocycles. The van der Waals surface area contributed by atoms with Crippen LogP contribution in [0.5, 0.6) is 11.5 Å². The van der Waals surface area contributed by atoms with E-state index in [1.807, 2.05) is 6.92 Å². The normalized spacial score (nSPS) is 11.5. The Hall–Kier alpha value is -3.39. The molecule has 0 amide bonds. The van der Waals surface area contributed by atoms with Gasteiger partial charge in [0.05, 0.1) is 29.1 Å². The van der Waals surface area contributed by atoms with Gasteiger partial charge in [-0.05, 0) is 67.1 Å². The van der Waals surface area contributed by atoms with Crippen molar-refractivity contribution >= 4 is 27.6 Å². The summed E-state index contributed by atoms with van der Waals surface area (Å²) >= 11 is 0. The Bertz CT molecular complexity index is 1070. The molecule has 7 nitrogen and oxygen atoms in total. The van der Waals surface area contributed by atoms with Gasteiger partial charge in [0.2, 0.25) is 0 Å². The number of phenols is 1. The number of hydrogen-bond acceptors (Lipinski definition) is 6. The van der Waals surface area contributed by atoms with Crippen molar-refractivity contribution in [2.75, 3.05) is 11.3 Å². The smallest absolute Gasteiger partial charge is 0.261 e. The van der Waals surface area contributed by atoms with Crippen LogP contribution < -0.4 is 9.46 Å². The number of hydrogen-bond donors (Lipinski definition) is 2. The lowest BCUT2D eigenvalue weighted by Gasteiger charge is -2.07. The number of nitrogens with zero attached hydrogens (tertiary/aromatic N) is 2. The van der Waals surface area contributed by atoms with Gasteiger partial charge in [-0.2, -0.15) is 0 Å². The first-order valence-electron chi connectivity index (χ1n) is 8.51. The molecule has 3 rings (SSSR count). The molecule has 0 saturated heterocycles. The fourth-order valence-electron chi connectivity index (χ4n) is 2.38. The van der Waals surface area contributed by atoms with Crippen LogP contribution in [0.2, 0.25) is 0 Å². The highest BCUT2D eigenvalue weighted by molar-refractivity contribution is 7.92. The zero-order valence-electron chi connectivity index (χ0n) is 15.1. The number of aromatic nitrogens is 1. The van der Waals surface area contributed by atoms with Gasteiger partial charge in [-0.1, -0.05) is 0 Å². The highest BCUT2D eigenvalue weighted by Gasteiger charge is 2.13. The third-order valence-electron chi connectivity index (χ3n) is 3.71. The molecule has 0 aliphatic heterocycles. The number of nitrogens with one attached hydrogen (secondary N) is 1. The summed E-state index contributed by atoms with van der Waals surface area (Å²) < 4.78 is 32.6. The first-order valence-corrected chi connectivity index (χ1v) is 9.99. The Morgan fingerprint density at radius 3 is 2.64 bits per heavy atom. The average molecular weight is 397 g/mol.